The van der Waals surface area contributed by atoms with Crippen LogP contribution in [0.15, 0.2) is 51.3 Å². The molecule has 2 aliphatic rings. The molecule has 8 nitrogen and oxygen atoms in total. The predicted octanol–water partition coefficient (Wildman–Crippen LogP) is -0.146. The molecule has 2 heterocycles. The second kappa shape index (κ2) is 6.34. The highest BCUT2D eigenvalue weighted by Gasteiger charge is 2.34. The van der Waals surface area contributed by atoms with Gasteiger partial charge in [0.1, 0.15) is 5.17 Å². The number of rotatable bonds is 3. The second-order valence-corrected chi connectivity index (χ2v) is 7.22. The normalized spacial score (nSPS) is 24.8. The molecule has 1 aromatic carbocycles. The summed E-state index contributed by atoms with van der Waals surface area (Å²) < 4.78 is 22.4. The zero-order valence-electron chi connectivity index (χ0n) is 12.3. The molecule has 0 spiro atoms. The van der Waals surface area contributed by atoms with Crippen LogP contribution < -0.4 is 15.8 Å². The minimum absolute atomic E-state index is 0.0351. The number of fused-ring (bicyclic) bond motifs is 1. The maximum Gasteiger partial charge on any atom is 0.253 e. The number of guanidine groups is 1. The number of primary sulfonamides is 1. The molecule has 0 saturated carbocycles. The summed E-state index contributed by atoms with van der Waals surface area (Å²) in [6.07, 6.45) is 3.38. The van der Waals surface area contributed by atoms with E-state index in [4.69, 9.17) is 16.7 Å². The zero-order valence-corrected chi connectivity index (χ0v) is 13.9. The van der Waals surface area contributed by atoms with Crippen molar-refractivity contribution in [2.24, 2.45) is 15.1 Å². The van der Waals surface area contributed by atoms with E-state index in [1.165, 1.54) is 12.1 Å². The molecular weight excluding hydrogens is 354 g/mol. The minimum Gasteiger partial charge on any atom is -0.347 e. The van der Waals surface area contributed by atoms with Crippen molar-refractivity contribution in [2.45, 2.75) is 23.5 Å². The lowest BCUT2D eigenvalue weighted by Gasteiger charge is -2.30. The first-order valence-corrected chi connectivity index (χ1v) is 8.90. The van der Waals surface area contributed by atoms with Gasteiger partial charge in [-0.3, -0.25) is 15.1 Å². The smallest absolute Gasteiger partial charge is 0.253 e. The molecule has 4 N–H and O–H groups in total. The van der Waals surface area contributed by atoms with E-state index in [1.807, 2.05) is 0 Å². The number of amides is 1. The Morgan fingerprint density at radius 2 is 2.00 bits per heavy atom. The molecule has 2 atom stereocenters. The predicted molar refractivity (Wildman–Crippen MR) is 90.2 cm³/mol. The fourth-order valence-corrected chi connectivity index (χ4v) is 3.01. The van der Waals surface area contributed by atoms with Gasteiger partial charge in [-0.25, -0.2) is 18.5 Å². The molecule has 1 saturated heterocycles. The summed E-state index contributed by atoms with van der Waals surface area (Å²) in [4.78, 5) is 20.4. The maximum atomic E-state index is 12.0. The lowest BCUT2D eigenvalue weighted by molar-refractivity contribution is -0.121. The summed E-state index contributed by atoms with van der Waals surface area (Å²) in [7, 11) is -3.72. The monoisotopic (exact) mass is 367 g/mol. The molecule has 0 radical (unpaired) electrons. The topological polar surface area (TPSA) is 126 Å². The van der Waals surface area contributed by atoms with Crippen LogP contribution in [0.4, 0.5) is 0 Å². The third kappa shape index (κ3) is 3.64. The van der Waals surface area contributed by atoms with Gasteiger partial charge in [-0.1, -0.05) is 29.8 Å². The highest BCUT2D eigenvalue weighted by atomic mass is 35.5. The van der Waals surface area contributed by atoms with E-state index in [-0.39, 0.29) is 28.6 Å². The molecule has 126 valence electrons. The fourth-order valence-electron chi connectivity index (χ4n) is 2.32. The lowest BCUT2D eigenvalue weighted by Crippen LogP contribution is -2.61. The lowest BCUT2D eigenvalue weighted by atomic mass is 10.0. The number of carbonyl (C=O) groups is 1. The average molecular weight is 368 g/mol. The van der Waals surface area contributed by atoms with Crippen molar-refractivity contribution >= 4 is 38.7 Å². The number of halogens is 1. The van der Waals surface area contributed by atoms with Gasteiger partial charge in [-0.15, -0.1) is 0 Å². The number of aliphatic imine (C=N–C) groups is 2. The molecule has 2 aliphatic heterocycles. The van der Waals surface area contributed by atoms with Crippen LogP contribution in [0, 0.1) is 0 Å². The zero-order chi connectivity index (χ0) is 17.3. The van der Waals surface area contributed by atoms with Crippen LogP contribution in [-0.4, -0.2) is 37.5 Å². The average Bonchev–Trinajstić information content (AvgIpc) is 2.53. The van der Waals surface area contributed by atoms with Gasteiger partial charge in [0.25, 0.3) is 5.91 Å². The Hall–Kier alpha value is -2.23. The summed E-state index contributed by atoms with van der Waals surface area (Å²) in [5.74, 6) is 0.0409. The molecule has 10 heteroatoms. The van der Waals surface area contributed by atoms with E-state index >= 15 is 0 Å². The molecule has 1 amide bonds. The Morgan fingerprint density at radius 1 is 1.29 bits per heavy atom. The van der Waals surface area contributed by atoms with Gasteiger partial charge in [0, 0.05) is 0 Å². The van der Waals surface area contributed by atoms with Crippen LogP contribution in [0.25, 0.3) is 0 Å². The third-order valence-corrected chi connectivity index (χ3v) is 4.68. The standard InChI is InChI=1S/C14H14ClN5O3S/c15-11-6-5-10-12(19-11)13(21)20-14(18-10)17-7-8-1-3-9(4-2-8)24(16,22)23/h1-6,10,12H,7H2,(H2,16,22,23)(H2,17,18,20,21). The van der Waals surface area contributed by atoms with E-state index in [0.29, 0.717) is 5.96 Å². The van der Waals surface area contributed by atoms with E-state index in [2.05, 4.69) is 20.6 Å². The summed E-state index contributed by atoms with van der Waals surface area (Å²) in [5, 5.41) is 11.0. The number of nitrogens with one attached hydrogen (secondary N) is 2. The number of benzene rings is 1. The van der Waals surface area contributed by atoms with E-state index in [1.54, 1.807) is 24.3 Å². The molecule has 1 fully saturated rings. The molecule has 0 aromatic heterocycles. The van der Waals surface area contributed by atoms with Gasteiger partial charge in [0.05, 0.1) is 17.5 Å². The largest absolute Gasteiger partial charge is 0.347 e. The van der Waals surface area contributed by atoms with Crippen molar-refractivity contribution in [1.29, 1.82) is 0 Å². The van der Waals surface area contributed by atoms with Crippen LogP contribution >= 0.6 is 11.6 Å². The van der Waals surface area contributed by atoms with Crippen LogP contribution in [0.2, 0.25) is 0 Å². The van der Waals surface area contributed by atoms with E-state index in [9.17, 15) is 13.2 Å². The summed E-state index contributed by atoms with van der Waals surface area (Å²) in [5.41, 5.74) is 0.772. The van der Waals surface area contributed by atoms with E-state index < -0.39 is 16.1 Å². The van der Waals surface area contributed by atoms with Crippen LogP contribution in [0.1, 0.15) is 5.56 Å². The molecule has 2 unspecified atom stereocenters. The highest BCUT2D eigenvalue weighted by molar-refractivity contribution is 7.89. The Balaban J connectivity index is 1.70. The van der Waals surface area contributed by atoms with Crippen molar-refractivity contribution < 1.29 is 13.2 Å². The Bertz CT molecular complexity index is 861. The quantitative estimate of drug-likeness (QED) is 0.686. The first-order chi connectivity index (χ1) is 11.3. The third-order valence-electron chi connectivity index (χ3n) is 3.53. The van der Waals surface area contributed by atoms with Crippen LogP contribution in [0.5, 0.6) is 0 Å². The number of allylic oxidation sites excluding steroid dienone is 1. The highest BCUT2D eigenvalue weighted by Crippen LogP contribution is 2.14. The van der Waals surface area contributed by atoms with Crippen molar-refractivity contribution in [3.8, 4) is 0 Å². The number of dihydropyridines is 1. The van der Waals surface area contributed by atoms with Crippen LogP contribution in [-0.2, 0) is 21.4 Å². The van der Waals surface area contributed by atoms with Gasteiger partial charge >= 0.3 is 0 Å². The summed E-state index contributed by atoms with van der Waals surface area (Å²) in [6.45, 7) is 0.263. The molecule has 1 aromatic rings. The van der Waals surface area contributed by atoms with Crippen LogP contribution in [0.3, 0.4) is 0 Å². The first kappa shape index (κ1) is 16.6. The number of sulfonamides is 1. The minimum atomic E-state index is -3.72. The Kier molecular flexibility index (Phi) is 4.39. The van der Waals surface area contributed by atoms with Gasteiger partial charge in [-0.05, 0) is 23.8 Å². The molecular formula is C14H14ClN5O3S. The van der Waals surface area contributed by atoms with Crippen molar-refractivity contribution in [3.05, 3.63) is 42.0 Å². The van der Waals surface area contributed by atoms with Crippen molar-refractivity contribution in [2.75, 3.05) is 0 Å². The summed E-state index contributed by atoms with van der Waals surface area (Å²) >= 11 is 5.80. The maximum absolute atomic E-state index is 12.0. The van der Waals surface area contributed by atoms with Crippen molar-refractivity contribution in [3.63, 3.8) is 0 Å². The molecule has 24 heavy (non-hydrogen) atoms. The van der Waals surface area contributed by atoms with Crippen molar-refractivity contribution in [1.82, 2.24) is 10.6 Å². The SMILES string of the molecule is NS(=O)(=O)c1ccc(CN=C2NC(=O)C3N=C(Cl)C=CC3N2)cc1. The van der Waals surface area contributed by atoms with Gasteiger partial charge in [0.15, 0.2) is 12.0 Å². The number of nitrogens with zero attached hydrogens (tertiary/aromatic N) is 2. The molecule has 3 rings (SSSR count). The molecule has 0 bridgehead atoms. The number of hydrogen-bond acceptors (Lipinski definition) is 5. The van der Waals surface area contributed by atoms with Gasteiger partial charge in [0.2, 0.25) is 10.0 Å². The van der Waals surface area contributed by atoms with E-state index in [0.717, 1.165) is 5.56 Å². The summed E-state index contributed by atoms with van der Waals surface area (Å²) in [6, 6.07) is 5.13. The Labute approximate surface area is 143 Å². The van der Waals surface area contributed by atoms with Gasteiger partial charge < -0.3 is 5.32 Å². The molecule has 0 aliphatic carbocycles. The first-order valence-electron chi connectivity index (χ1n) is 6.98. The fraction of sp³-hybridized carbons (Fsp3) is 0.214. The Morgan fingerprint density at radius 3 is 2.67 bits per heavy atom. The van der Waals surface area contributed by atoms with Gasteiger partial charge in [-0.2, -0.15) is 0 Å². The number of hydrogen-bond donors (Lipinski definition) is 3. The second-order valence-electron chi connectivity index (χ2n) is 5.27. The number of nitrogens with two attached hydrogens (primary N) is 1. The number of carbonyl (C=O) groups excluding carboxylic acids is 1.